The predicted molar refractivity (Wildman–Crippen MR) is 89.7 cm³/mol. The van der Waals surface area contributed by atoms with E-state index in [0.29, 0.717) is 23.6 Å². The van der Waals surface area contributed by atoms with Crippen LogP contribution in [0.25, 0.3) is 0 Å². The van der Waals surface area contributed by atoms with Crippen LogP contribution in [0.4, 0.5) is 5.69 Å². The zero-order valence-electron chi connectivity index (χ0n) is 12.8. The Bertz CT molecular complexity index is 753. The summed E-state index contributed by atoms with van der Waals surface area (Å²) in [6, 6.07) is 13.4. The number of benzene rings is 2. The van der Waals surface area contributed by atoms with E-state index in [1.807, 2.05) is 6.92 Å². The van der Waals surface area contributed by atoms with Gasteiger partial charge in [0, 0.05) is 5.56 Å². The molecule has 5 heteroatoms. The minimum atomic E-state index is -0.598. The number of amides is 2. The Kier molecular flexibility index (Phi) is 5.15. The third-order valence-electron chi connectivity index (χ3n) is 3.02. The first-order valence-electron chi connectivity index (χ1n) is 7.05. The predicted octanol–water partition coefficient (Wildman–Crippen LogP) is 2.99. The molecule has 3 N–H and O–H groups in total. The van der Waals surface area contributed by atoms with Crippen LogP contribution in [0.5, 0.6) is 5.75 Å². The number of carbonyl (C=O) groups is 2. The molecule has 0 saturated carbocycles. The van der Waals surface area contributed by atoms with Crippen molar-refractivity contribution in [3.05, 3.63) is 71.8 Å². The Morgan fingerprint density at radius 2 is 1.91 bits per heavy atom. The van der Waals surface area contributed by atoms with Gasteiger partial charge in [-0.1, -0.05) is 24.8 Å². The summed E-state index contributed by atoms with van der Waals surface area (Å²) in [6.45, 7) is 6.00. The number of ether oxygens (including phenoxy) is 1. The number of carbonyl (C=O) groups excluding carboxylic acids is 2. The lowest BCUT2D eigenvalue weighted by Gasteiger charge is -2.10. The fourth-order valence-corrected chi connectivity index (χ4v) is 1.94. The Hall–Kier alpha value is -3.08. The molecule has 0 unspecified atom stereocenters. The molecule has 0 radical (unpaired) electrons. The number of primary amides is 1. The zero-order chi connectivity index (χ0) is 16.8. The van der Waals surface area contributed by atoms with E-state index in [2.05, 4.69) is 11.9 Å². The van der Waals surface area contributed by atoms with Gasteiger partial charge in [-0.15, -0.1) is 0 Å². The molecule has 2 amide bonds. The van der Waals surface area contributed by atoms with E-state index in [1.54, 1.807) is 48.5 Å². The summed E-state index contributed by atoms with van der Waals surface area (Å²) in [5.74, 6) is -0.372. The van der Waals surface area contributed by atoms with Gasteiger partial charge in [-0.2, -0.15) is 0 Å². The largest absolute Gasteiger partial charge is 0.489 e. The van der Waals surface area contributed by atoms with E-state index in [1.165, 1.54) is 0 Å². The minimum absolute atomic E-state index is 0.260. The van der Waals surface area contributed by atoms with Gasteiger partial charge >= 0.3 is 0 Å². The first-order valence-corrected chi connectivity index (χ1v) is 7.05. The second-order valence-corrected chi connectivity index (χ2v) is 5.14. The summed E-state index contributed by atoms with van der Waals surface area (Å²) < 4.78 is 5.52. The smallest absolute Gasteiger partial charge is 0.255 e. The van der Waals surface area contributed by atoms with Crippen LogP contribution in [0.3, 0.4) is 0 Å². The molecule has 0 aliphatic carbocycles. The van der Waals surface area contributed by atoms with Gasteiger partial charge in [-0.25, -0.2) is 0 Å². The zero-order valence-corrected chi connectivity index (χ0v) is 12.8. The molecule has 0 spiro atoms. The maximum absolute atomic E-state index is 12.3. The molecule has 5 nitrogen and oxygen atoms in total. The van der Waals surface area contributed by atoms with Gasteiger partial charge in [0.2, 0.25) is 0 Å². The third kappa shape index (κ3) is 4.44. The summed E-state index contributed by atoms with van der Waals surface area (Å²) in [7, 11) is 0. The van der Waals surface area contributed by atoms with Crippen molar-refractivity contribution < 1.29 is 14.3 Å². The van der Waals surface area contributed by atoms with Crippen LogP contribution in [0.1, 0.15) is 27.6 Å². The minimum Gasteiger partial charge on any atom is -0.489 e. The molecule has 0 saturated heterocycles. The van der Waals surface area contributed by atoms with Crippen molar-refractivity contribution in [1.29, 1.82) is 0 Å². The molecule has 2 aromatic carbocycles. The van der Waals surface area contributed by atoms with Gasteiger partial charge in [0.25, 0.3) is 11.8 Å². The lowest BCUT2D eigenvalue weighted by molar-refractivity contribution is 0.100. The lowest BCUT2D eigenvalue weighted by Crippen LogP contribution is -2.18. The average molecular weight is 310 g/mol. The van der Waals surface area contributed by atoms with Gasteiger partial charge < -0.3 is 15.8 Å². The SMILES string of the molecule is C=C(C)COc1cccc(C(=O)Nc2ccccc2C(N)=O)c1. The van der Waals surface area contributed by atoms with E-state index >= 15 is 0 Å². The second-order valence-electron chi connectivity index (χ2n) is 5.14. The third-order valence-corrected chi connectivity index (χ3v) is 3.02. The van der Waals surface area contributed by atoms with E-state index in [9.17, 15) is 9.59 Å². The summed E-state index contributed by atoms with van der Waals surface area (Å²) in [6.07, 6.45) is 0. The van der Waals surface area contributed by atoms with Crippen LogP contribution in [0.2, 0.25) is 0 Å². The standard InChI is InChI=1S/C18H18N2O3/c1-12(2)11-23-14-7-5-6-13(10-14)18(22)20-16-9-4-3-8-15(16)17(19)21/h3-10H,1,11H2,2H3,(H2,19,21)(H,20,22). The van der Waals surface area contributed by atoms with Crippen molar-refractivity contribution in [2.45, 2.75) is 6.92 Å². The molecule has 0 aromatic heterocycles. The number of nitrogens with two attached hydrogens (primary N) is 1. The number of hydrogen-bond donors (Lipinski definition) is 2. The van der Waals surface area contributed by atoms with Gasteiger partial charge in [-0.05, 0) is 42.8 Å². The van der Waals surface area contributed by atoms with E-state index in [-0.39, 0.29) is 11.5 Å². The summed E-state index contributed by atoms with van der Waals surface area (Å²) in [4.78, 5) is 23.7. The molecular weight excluding hydrogens is 292 g/mol. The normalized spacial score (nSPS) is 9.96. The molecule has 0 atom stereocenters. The van der Waals surface area contributed by atoms with Crippen LogP contribution in [-0.4, -0.2) is 18.4 Å². The maximum Gasteiger partial charge on any atom is 0.255 e. The fourth-order valence-electron chi connectivity index (χ4n) is 1.94. The van der Waals surface area contributed by atoms with Crippen molar-refractivity contribution in [1.82, 2.24) is 0 Å². The summed E-state index contributed by atoms with van der Waals surface area (Å²) >= 11 is 0. The van der Waals surface area contributed by atoms with E-state index in [0.717, 1.165) is 5.57 Å². The second kappa shape index (κ2) is 7.26. The number of anilines is 1. The van der Waals surface area contributed by atoms with Gasteiger partial charge in [0.1, 0.15) is 12.4 Å². The van der Waals surface area contributed by atoms with Gasteiger partial charge in [0.05, 0.1) is 11.3 Å². The first-order chi connectivity index (χ1) is 11.0. The van der Waals surface area contributed by atoms with Crippen molar-refractivity contribution in [3.8, 4) is 5.75 Å². The fraction of sp³-hybridized carbons (Fsp3) is 0.111. The molecule has 0 heterocycles. The number of para-hydroxylation sites is 1. The highest BCUT2D eigenvalue weighted by Crippen LogP contribution is 2.18. The van der Waals surface area contributed by atoms with Crippen molar-refractivity contribution in [2.24, 2.45) is 5.73 Å². The highest BCUT2D eigenvalue weighted by atomic mass is 16.5. The molecule has 0 fully saturated rings. The lowest BCUT2D eigenvalue weighted by atomic mass is 10.1. The highest BCUT2D eigenvalue weighted by molar-refractivity contribution is 6.08. The molecule has 23 heavy (non-hydrogen) atoms. The number of hydrogen-bond acceptors (Lipinski definition) is 3. The summed E-state index contributed by atoms with van der Waals surface area (Å²) in [5.41, 5.74) is 7.24. The van der Waals surface area contributed by atoms with E-state index < -0.39 is 5.91 Å². The maximum atomic E-state index is 12.3. The van der Waals surface area contributed by atoms with Crippen molar-refractivity contribution >= 4 is 17.5 Å². The Morgan fingerprint density at radius 1 is 1.17 bits per heavy atom. The van der Waals surface area contributed by atoms with Crippen LogP contribution in [0, 0.1) is 0 Å². The molecule has 2 aromatic rings. The average Bonchev–Trinajstić information content (AvgIpc) is 2.53. The van der Waals surface area contributed by atoms with Crippen LogP contribution < -0.4 is 15.8 Å². The molecule has 0 bridgehead atoms. The van der Waals surface area contributed by atoms with Crippen LogP contribution in [-0.2, 0) is 0 Å². The monoisotopic (exact) mass is 310 g/mol. The molecule has 2 rings (SSSR count). The first kappa shape index (κ1) is 16.3. The van der Waals surface area contributed by atoms with E-state index in [4.69, 9.17) is 10.5 Å². The van der Waals surface area contributed by atoms with Crippen LogP contribution >= 0.6 is 0 Å². The molecule has 0 aliphatic rings. The van der Waals surface area contributed by atoms with Crippen LogP contribution in [0.15, 0.2) is 60.7 Å². The molecule has 118 valence electrons. The number of nitrogens with one attached hydrogen (secondary N) is 1. The number of rotatable bonds is 6. The quantitative estimate of drug-likeness (QED) is 0.805. The van der Waals surface area contributed by atoms with Crippen molar-refractivity contribution in [3.63, 3.8) is 0 Å². The van der Waals surface area contributed by atoms with Gasteiger partial charge in [0.15, 0.2) is 0 Å². The molecular formula is C18H18N2O3. The van der Waals surface area contributed by atoms with Gasteiger partial charge in [-0.3, -0.25) is 9.59 Å². The summed E-state index contributed by atoms with van der Waals surface area (Å²) in [5, 5.41) is 2.69. The highest BCUT2D eigenvalue weighted by Gasteiger charge is 2.12. The van der Waals surface area contributed by atoms with Crippen molar-refractivity contribution in [2.75, 3.05) is 11.9 Å². The Balaban J connectivity index is 2.17. The topological polar surface area (TPSA) is 81.4 Å². The Labute approximate surface area is 134 Å². The Morgan fingerprint density at radius 3 is 2.61 bits per heavy atom. The molecule has 0 aliphatic heterocycles.